The monoisotopic (exact) mass is 276 g/mol. The van der Waals surface area contributed by atoms with Gasteiger partial charge in [0.05, 0.1) is 17.4 Å². The molecular formula is C16H12N4O. The lowest BCUT2D eigenvalue weighted by Crippen LogP contribution is -2.18. The van der Waals surface area contributed by atoms with E-state index in [0.29, 0.717) is 11.4 Å². The average Bonchev–Trinajstić information content (AvgIpc) is 2.55. The number of aromatic nitrogens is 2. The lowest BCUT2D eigenvalue weighted by molar-refractivity contribution is 0.0950. The van der Waals surface area contributed by atoms with Crippen LogP contribution in [-0.2, 0) is 0 Å². The topological polar surface area (TPSA) is 67.2 Å². The second kappa shape index (κ2) is 5.92. The first-order valence-electron chi connectivity index (χ1n) is 6.43. The van der Waals surface area contributed by atoms with Crippen LogP contribution in [0.1, 0.15) is 16.2 Å². The highest BCUT2D eigenvalue weighted by molar-refractivity contribution is 5.93. The molecule has 1 N–H and O–H groups in total. The van der Waals surface area contributed by atoms with Crippen molar-refractivity contribution in [2.24, 2.45) is 5.10 Å². The summed E-state index contributed by atoms with van der Waals surface area (Å²) in [5.74, 6) is -0.354. The van der Waals surface area contributed by atoms with Gasteiger partial charge < -0.3 is 0 Å². The average molecular weight is 276 g/mol. The van der Waals surface area contributed by atoms with E-state index in [2.05, 4.69) is 20.5 Å². The summed E-state index contributed by atoms with van der Waals surface area (Å²) in [5.41, 5.74) is 4.31. The van der Waals surface area contributed by atoms with E-state index < -0.39 is 0 Å². The van der Waals surface area contributed by atoms with Gasteiger partial charge in [0.1, 0.15) is 5.69 Å². The molecule has 1 amide bonds. The molecule has 0 radical (unpaired) electrons. The highest BCUT2D eigenvalue weighted by atomic mass is 16.2. The number of fused-ring (bicyclic) bond motifs is 1. The van der Waals surface area contributed by atoms with E-state index in [4.69, 9.17) is 0 Å². The zero-order valence-electron chi connectivity index (χ0n) is 11.1. The predicted molar refractivity (Wildman–Crippen MR) is 81.0 cm³/mol. The number of rotatable bonds is 3. The van der Waals surface area contributed by atoms with Crippen molar-refractivity contribution in [1.82, 2.24) is 15.4 Å². The van der Waals surface area contributed by atoms with Gasteiger partial charge in [-0.1, -0.05) is 30.3 Å². The Balaban J connectivity index is 1.71. The number of para-hydroxylation sites is 1. The van der Waals surface area contributed by atoms with Crippen LogP contribution in [0, 0.1) is 0 Å². The van der Waals surface area contributed by atoms with Crippen LogP contribution in [0.4, 0.5) is 0 Å². The van der Waals surface area contributed by atoms with Gasteiger partial charge in [-0.2, -0.15) is 5.10 Å². The van der Waals surface area contributed by atoms with Crippen molar-refractivity contribution in [1.29, 1.82) is 0 Å². The van der Waals surface area contributed by atoms with Crippen LogP contribution in [0.5, 0.6) is 0 Å². The molecule has 0 fully saturated rings. The Morgan fingerprint density at radius 3 is 2.76 bits per heavy atom. The van der Waals surface area contributed by atoms with Crippen molar-refractivity contribution in [3.8, 4) is 0 Å². The van der Waals surface area contributed by atoms with Crippen LogP contribution in [-0.4, -0.2) is 22.1 Å². The van der Waals surface area contributed by atoms with Gasteiger partial charge in [-0.15, -0.1) is 0 Å². The summed E-state index contributed by atoms with van der Waals surface area (Å²) in [7, 11) is 0. The molecule has 5 nitrogen and oxygen atoms in total. The Hall–Kier alpha value is -3.08. The molecule has 0 spiro atoms. The quantitative estimate of drug-likeness (QED) is 0.590. The number of carbonyl (C=O) groups is 1. The van der Waals surface area contributed by atoms with Gasteiger partial charge in [0, 0.05) is 11.6 Å². The molecule has 0 saturated heterocycles. The molecule has 2 aromatic heterocycles. The van der Waals surface area contributed by atoms with Gasteiger partial charge in [0.2, 0.25) is 0 Å². The molecule has 0 aliphatic rings. The second-order valence-corrected chi connectivity index (χ2v) is 4.34. The van der Waals surface area contributed by atoms with Crippen LogP contribution in [0.25, 0.3) is 10.9 Å². The molecule has 0 aliphatic carbocycles. The number of hydrogen-bond acceptors (Lipinski definition) is 4. The van der Waals surface area contributed by atoms with Gasteiger partial charge in [-0.25, -0.2) is 10.4 Å². The fourth-order valence-electron chi connectivity index (χ4n) is 1.87. The minimum atomic E-state index is -0.354. The molecule has 0 atom stereocenters. The summed E-state index contributed by atoms with van der Waals surface area (Å²) in [5, 5.41) is 4.96. The minimum absolute atomic E-state index is 0.320. The van der Waals surface area contributed by atoms with E-state index in [1.807, 2.05) is 36.4 Å². The Morgan fingerprint density at radius 1 is 1.05 bits per heavy atom. The van der Waals surface area contributed by atoms with Gasteiger partial charge in [-0.05, 0) is 24.3 Å². The summed E-state index contributed by atoms with van der Waals surface area (Å²) in [6.45, 7) is 0. The summed E-state index contributed by atoms with van der Waals surface area (Å²) in [6.07, 6.45) is 3.07. The van der Waals surface area contributed by atoms with Crippen LogP contribution in [0.2, 0.25) is 0 Å². The number of amides is 1. The Labute approximate surface area is 121 Å². The standard InChI is InChI=1S/C16H12N4O/c21-16(15-7-3-4-10-17-15)20-18-11-13-9-8-12-5-1-2-6-14(12)19-13/h1-11H,(H,20,21)/b18-11+. The first-order chi connectivity index (χ1) is 10.3. The molecule has 2 heterocycles. The lowest BCUT2D eigenvalue weighted by Gasteiger charge is -1.99. The Kier molecular flexibility index (Phi) is 3.64. The van der Waals surface area contributed by atoms with Crippen molar-refractivity contribution < 1.29 is 4.79 Å². The molecule has 102 valence electrons. The first-order valence-corrected chi connectivity index (χ1v) is 6.43. The number of nitrogens with zero attached hydrogens (tertiary/aromatic N) is 3. The third kappa shape index (κ3) is 3.09. The van der Waals surface area contributed by atoms with Crippen molar-refractivity contribution in [2.45, 2.75) is 0 Å². The number of nitrogens with one attached hydrogen (secondary N) is 1. The third-order valence-corrected chi connectivity index (χ3v) is 2.88. The summed E-state index contributed by atoms with van der Waals surface area (Å²) in [4.78, 5) is 20.1. The number of benzene rings is 1. The third-order valence-electron chi connectivity index (χ3n) is 2.88. The smallest absolute Gasteiger partial charge is 0.266 e. The maximum Gasteiger partial charge on any atom is 0.289 e. The number of pyridine rings is 2. The number of carbonyl (C=O) groups excluding carboxylic acids is 1. The van der Waals surface area contributed by atoms with Gasteiger partial charge in [0.15, 0.2) is 0 Å². The molecule has 3 aromatic rings. The molecule has 21 heavy (non-hydrogen) atoms. The molecule has 3 rings (SSSR count). The second-order valence-electron chi connectivity index (χ2n) is 4.34. The van der Waals surface area contributed by atoms with E-state index >= 15 is 0 Å². The van der Waals surface area contributed by atoms with Crippen molar-refractivity contribution >= 4 is 23.0 Å². The zero-order valence-corrected chi connectivity index (χ0v) is 11.1. The molecular weight excluding hydrogens is 264 g/mol. The first kappa shape index (κ1) is 12.9. The Morgan fingerprint density at radius 2 is 1.90 bits per heavy atom. The highest BCUT2D eigenvalue weighted by Crippen LogP contribution is 2.10. The molecule has 0 saturated carbocycles. The number of hydrogen-bond donors (Lipinski definition) is 1. The van der Waals surface area contributed by atoms with E-state index in [0.717, 1.165) is 10.9 Å². The highest BCUT2D eigenvalue weighted by Gasteiger charge is 2.03. The Bertz CT molecular complexity index is 799. The predicted octanol–water partition coefficient (Wildman–Crippen LogP) is 2.39. The molecule has 0 unspecified atom stereocenters. The molecule has 0 aliphatic heterocycles. The van der Waals surface area contributed by atoms with Crippen molar-refractivity contribution in [3.05, 3.63) is 72.2 Å². The van der Waals surface area contributed by atoms with E-state index in [1.54, 1.807) is 24.4 Å². The fourth-order valence-corrected chi connectivity index (χ4v) is 1.87. The van der Waals surface area contributed by atoms with Gasteiger partial charge in [-0.3, -0.25) is 9.78 Å². The summed E-state index contributed by atoms with van der Waals surface area (Å²) < 4.78 is 0. The van der Waals surface area contributed by atoms with Gasteiger partial charge >= 0.3 is 0 Å². The van der Waals surface area contributed by atoms with Gasteiger partial charge in [0.25, 0.3) is 5.91 Å². The van der Waals surface area contributed by atoms with Crippen LogP contribution >= 0.6 is 0 Å². The van der Waals surface area contributed by atoms with E-state index in [-0.39, 0.29) is 5.91 Å². The lowest BCUT2D eigenvalue weighted by atomic mass is 10.2. The van der Waals surface area contributed by atoms with E-state index in [9.17, 15) is 4.79 Å². The molecule has 1 aromatic carbocycles. The number of hydrazone groups is 1. The summed E-state index contributed by atoms with van der Waals surface area (Å²) in [6, 6.07) is 16.7. The van der Waals surface area contributed by atoms with Crippen LogP contribution < -0.4 is 5.43 Å². The fraction of sp³-hybridized carbons (Fsp3) is 0. The van der Waals surface area contributed by atoms with Crippen molar-refractivity contribution in [3.63, 3.8) is 0 Å². The maximum atomic E-state index is 11.7. The normalized spacial score (nSPS) is 10.9. The van der Waals surface area contributed by atoms with Crippen LogP contribution in [0.15, 0.2) is 65.9 Å². The van der Waals surface area contributed by atoms with Crippen LogP contribution in [0.3, 0.4) is 0 Å². The molecule has 5 heteroatoms. The zero-order chi connectivity index (χ0) is 14.5. The molecule has 0 bridgehead atoms. The summed E-state index contributed by atoms with van der Waals surface area (Å²) >= 11 is 0. The largest absolute Gasteiger partial charge is 0.289 e. The van der Waals surface area contributed by atoms with E-state index in [1.165, 1.54) is 6.21 Å². The van der Waals surface area contributed by atoms with Crippen molar-refractivity contribution in [2.75, 3.05) is 0 Å². The SMILES string of the molecule is O=C(N/N=C/c1ccc2ccccc2n1)c1ccccn1. The maximum absolute atomic E-state index is 11.7. The minimum Gasteiger partial charge on any atom is -0.266 e.